The molecule has 3 heterocycles. The normalized spacial score (nSPS) is 17.3. The SMILES string of the molecule is C[C@H]1c2ncc(COCC(=O)N(C)C)n2CCN1Cc1cccnc1. The smallest absolute Gasteiger partial charge is 0.248 e. The molecule has 7 heteroatoms. The second kappa shape index (κ2) is 7.76. The molecule has 7 nitrogen and oxygen atoms in total. The van der Waals surface area contributed by atoms with E-state index in [4.69, 9.17) is 4.74 Å². The summed E-state index contributed by atoms with van der Waals surface area (Å²) >= 11 is 0. The molecule has 0 bridgehead atoms. The zero-order chi connectivity index (χ0) is 17.8. The second-order valence-electron chi connectivity index (χ2n) is 6.55. The Hall–Kier alpha value is -2.25. The van der Waals surface area contributed by atoms with Gasteiger partial charge in [0.05, 0.1) is 24.5 Å². The van der Waals surface area contributed by atoms with E-state index in [0.29, 0.717) is 6.61 Å². The molecule has 0 saturated heterocycles. The molecule has 2 aromatic heterocycles. The van der Waals surface area contributed by atoms with Crippen LogP contribution in [0.2, 0.25) is 0 Å². The zero-order valence-electron chi connectivity index (χ0n) is 15.1. The Morgan fingerprint density at radius 1 is 1.36 bits per heavy atom. The number of aromatic nitrogens is 3. The Balaban J connectivity index is 1.62. The van der Waals surface area contributed by atoms with E-state index < -0.39 is 0 Å². The highest BCUT2D eigenvalue weighted by molar-refractivity contribution is 5.76. The Bertz CT molecular complexity index is 714. The molecule has 1 aliphatic rings. The van der Waals surface area contributed by atoms with Gasteiger partial charge in [-0.3, -0.25) is 14.7 Å². The number of nitrogens with zero attached hydrogens (tertiary/aromatic N) is 5. The molecular formula is C18H25N5O2. The quantitative estimate of drug-likeness (QED) is 0.795. The maximum absolute atomic E-state index is 11.6. The predicted molar refractivity (Wildman–Crippen MR) is 93.6 cm³/mol. The van der Waals surface area contributed by atoms with Gasteiger partial charge in [-0.1, -0.05) is 6.07 Å². The van der Waals surface area contributed by atoms with Gasteiger partial charge in [0.1, 0.15) is 12.4 Å². The molecule has 2 aromatic rings. The van der Waals surface area contributed by atoms with Crippen LogP contribution in [-0.4, -0.2) is 57.5 Å². The van der Waals surface area contributed by atoms with Gasteiger partial charge in [-0.2, -0.15) is 0 Å². The van der Waals surface area contributed by atoms with Crippen molar-refractivity contribution in [1.82, 2.24) is 24.3 Å². The van der Waals surface area contributed by atoms with Crippen molar-refractivity contribution in [3.8, 4) is 0 Å². The molecule has 0 N–H and O–H groups in total. The number of fused-ring (bicyclic) bond motifs is 1. The third-order valence-electron chi connectivity index (χ3n) is 4.58. The van der Waals surface area contributed by atoms with Crippen LogP contribution < -0.4 is 0 Å². The van der Waals surface area contributed by atoms with Crippen molar-refractivity contribution >= 4 is 5.91 Å². The number of hydrogen-bond donors (Lipinski definition) is 0. The van der Waals surface area contributed by atoms with Crippen LogP contribution >= 0.6 is 0 Å². The highest BCUT2D eigenvalue weighted by Gasteiger charge is 2.27. The van der Waals surface area contributed by atoms with Crippen molar-refractivity contribution in [2.45, 2.75) is 32.7 Å². The molecule has 0 radical (unpaired) electrons. The minimum atomic E-state index is -0.0330. The number of carbonyl (C=O) groups is 1. The lowest BCUT2D eigenvalue weighted by Gasteiger charge is -2.34. The number of amides is 1. The molecule has 0 unspecified atom stereocenters. The molecule has 134 valence electrons. The Labute approximate surface area is 148 Å². The van der Waals surface area contributed by atoms with Gasteiger partial charge in [0.15, 0.2) is 0 Å². The first-order valence-electron chi connectivity index (χ1n) is 8.51. The summed E-state index contributed by atoms with van der Waals surface area (Å²) in [7, 11) is 3.45. The van der Waals surface area contributed by atoms with E-state index in [1.54, 1.807) is 20.3 Å². The number of carbonyl (C=O) groups excluding carboxylic acids is 1. The number of rotatable bonds is 6. The Morgan fingerprint density at radius 2 is 2.20 bits per heavy atom. The topological polar surface area (TPSA) is 63.5 Å². The number of imidazole rings is 1. The maximum atomic E-state index is 11.6. The molecule has 25 heavy (non-hydrogen) atoms. The van der Waals surface area contributed by atoms with E-state index in [2.05, 4.69) is 32.4 Å². The largest absolute Gasteiger partial charge is 0.365 e. The van der Waals surface area contributed by atoms with Crippen LogP contribution in [0, 0.1) is 0 Å². The van der Waals surface area contributed by atoms with Crippen LogP contribution in [0.5, 0.6) is 0 Å². The van der Waals surface area contributed by atoms with Gasteiger partial charge in [0, 0.05) is 46.1 Å². The highest BCUT2D eigenvalue weighted by Crippen LogP contribution is 2.26. The average molecular weight is 343 g/mol. The third-order valence-corrected chi connectivity index (χ3v) is 4.58. The predicted octanol–water partition coefficient (Wildman–Crippen LogP) is 1.46. The van der Waals surface area contributed by atoms with E-state index in [9.17, 15) is 4.79 Å². The van der Waals surface area contributed by atoms with E-state index in [1.807, 2.05) is 18.5 Å². The Morgan fingerprint density at radius 3 is 2.92 bits per heavy atom. The maximum Gasteiger partial charge on any atom is 0.248 e. The van der Waals surface area contributed by atoms with Crippen LogP contribution in [0.1, 0.15) is 30.0 Å². The summed E-state index contributed by atoms with van der Waals surface area (Å²) < 4.78 is 7.76. The molecule has 0 spiro atoms. The van der Waals surface area contributed by atoms with Crippen molar-refractivity contribution in [1.29, 1.82) is 0 Å². The fourth-order valence-corrected chi connectivity index (χ4v) is 3.03. The van der Waals surface area contributed by atoms with Crippen LogP contribution in [-0.2, 0) is 29.2 Å². The van der Waals surface area contributed by atoms with E-state index in [-0.39, 0.29) is 18.6 Å². The molecule has 3 rings (SSSR count). The molecular weight excluding hydrogens is 318 g/mol. The Kier molecular flexibility index (Phi) is 5.45. The van der Waals surface area contributed by atoms with E-state index in [1.165, 1.54) is 10.5 Å². The number of pyridine rings is 1. The summed E-state index contributed by atoms with van der Waals surface area (Å²) in [6, 6.07) is 4.29. The molecule has 0 aromatic carbocycles. The van der Waals surface area contributed by atoms with Gasteiger partial charge < -0.3 is 14.2 Å². The molecule has 1 atom stereocenters. The van der Waals surface area contributed by atoms with Crippen molar-refractivity contribution in [3.05, 3.63) is 47.8 Å². The first-order valence-corrected chi connectivity index (χ1v) is 8.51. The fourth-order valence-electron chi connectivity index (χ4n) is 3.03. The molecule has 0 saturated carbocycles. The van der Waals surface area contributed by atoms with Gasteiger partial charge in [-0.15, -0.1) is 0 Å². The third kappa shape index (κ3) is 4.05. The van der Waals surface area contributed by atoms with Crippen LogP contribution in [0.4, 0.5) is 0 Å². The zero-order valence-corrected chi connectivity index (χ0v) is 15.1. The fraction of sp³-hybridized carbons (Fsp3) is 0.500. The van der Waals surface area contributed by atoms with Crippen molar-refractivity contribution < 1.29 is 9.53 Å². The second-order valence-corrected chi connectivity index (χ2v) is 6.55. The summed E-state index contributed by atoms with van der Waals surface area (Å²) in [6.45, 7) is 5.36. The average Bonchev–Trinajstić information content (AvgIpc) is 3.02. The molecule has 0 fully saturated rings. The number of likely N-dealkylation sites (N-methyl/N-ethyl adjacent to an activating group) is 1. The first kappa shape index (κ1) is 17.6. The number of ether oxygens (including phenoxy) is 1. The van der Waals surface area contributed by atoms with E-state index >= 15 is 0 Å². The van der Waals surface area contributed by atoms with Crippen LogP contribution in [0.3, 0.4) is 0 Å². The van der Waals surface area contributed by atoms with Gasteiger partial charge in [0.2, 0.25) is 5.91 Å². The van der Waals surface area contributed by atoms with Crippen molar-refractivity contribution in [2.24, 2.45) is 0 Å². The lowest BCUT2D eigenvalue weighted by molar-refractivity contribution is -0.134. The van der Waals surface area contributed by atoms with Gasteiger partial charge in [-0.25, -0.2) is 4.98 Å². The van der Waals surface area contributed by atoms with Gasteiger partial charge in [0.25, 0.3) is 0 Å². The van der Waals surface area contributed by atoms with Crippen molar-refractivity contribution in [3.63, 3.8) is 0 Å². The first-order chi connectivity index (χ1) is 12.1. The minimum Gasteiger partial charge on any atom is -0.365 e. The summed E-state index contributed by atoms with van der Waals surface area (Å²) in [4.78, 5) is 24.3. The van der Waals surface area contributed by atoms with Crippen molar-refractivity contribution in [2.75, 3.05) is 27.2 Å². The lowest BCUT2D eigenvalue weighted by atomic mass is 10.1. The molecule has 1 amide bonds. The van der Waals surface area contributed by atoms with Crippen LogP contribution in [0.25, 0.3) is 0 Å². The van der Waals surface area contributed by atoms with E-state index in [0.717, 1.165) is 31.2 Å². The molecule has 0 aliphatic carbocycles. The van der Waals surface area contributed by atoms with Gasteiger partial charge in [-0.05, 0) is 18.6 Å². The van der Waals surface area contributed by atoms with Gasteiger partial charge >= 0.3 is 0 Å². The van der Waals surface area contributed by atoms with Crippen LogP contribution in [0.15, 0.2) is 30.7 Å². The minimum absolute atomic E-state index is 0.0330. The molecule has 1 aliphatic heterocycles. The number of hydrogen-bond acceptors (Lipinski definition) is 5. The standard InChI is InChI=1S/C18H25N5O2/c1-14-18-20-10-16(12-25-13-17(24)21(2)3)23(18)8-7-22(14)11-15-5-4-6-19-9-15/h4-6,9-10,14H,7-8,11-13H2,1-3H3/t14-/m0/s1. The monoisotopic (exact) mass is 343 g/mol. The summed E-state index contributed by atoms with van der Waals surface area (Å²) in [5, 5.41) is 0. The summed E-state index contributed by atoms with van der Waals surface area (Å²) in [5.74, 6) is 1.02. The lowest BCUT2D eigenvalue weighted by Crippen LogP contribution is -2.37. The summed E-state index contributed by atoms with van der Waals surface area (Å²) in [5.41, 5.74) is 2.23. The summed E-state index contributed by atoms with van der Waals surface area (Å²) in [6.07, 6.45) is 5.57. The highest BCUT2D eigenvalue weighted by atomic mass is 16.5.